The Morgan fingerprint density at radius 2 is 1.95 bits per heavy atom. The number of ether oxygens (including phenoxy) is 1. The zero-order valence-electron chi connectivity index (χ0n) is 11.5. The third kappa shape index (κ3) is 4.06. The average Bonchev–Trinajstić information content (AvgIpc) is 2.88. The van der Waals surface area contributed by atoms with Gasteiger partial charge in [-0.2, -0.15) is 0 Å². The predicted octanol–water partition coefficient (Wildman–Crippen LogP) is 0.168. The Morgan fingerprint density at radius 3 is 2.60 bits per heavy atom. The molecule has 0 atom stereocenters. The molecule has 0 saturated carbocycles. The van der Waals surface area contributed by atoms with Crippen LogP contribution in [0.4, 0.5) is 0 Å². The van der Waals surface area contributed by atoms with Crippen molar-refractivity contribution in [1.82, 2.24) is 25.1 Å². The lowest BCUT2D eigenvalue weighted by molar-refractivity contribution is 0.0594. The molecule has 0 amide bonds. The maximum Gasteiger partial charge on any atom is 0.165 e. The lowest BCUT2D eigenvalue weighted by atomic mass is 10.0. The Morgan fingerprint density at radius 1 is 1.25 bits per heavy atom. The second-order valence-electron chi connectivity index (χ2n) is 4.89. The fourth-order valence-electron chi connectivity index (χ4n) is 2.28. The van der Waals surface area contributed by atoms with Crippen molar-refractivity contribution >= 4 is 0 Å². The van der Waals surface area contributed by atoms with Crippen LogP contribution in [0.1, 0.15) is 18.7 Å². The van der Waals surface area contributed by atoms with Crippen molar-refractivity contribution in [1.29, 1.82) is 0 Å². The van der Waals surface area contributed by atoms with E-state index in [2.05, 4.69) is 27.4 Å². The van der Waals surface area contributed by atoms with Gasteiger partial charge in [0.2, 0.25) is 0 Å². The summed E-state index contributed by atoms with van der Waals surface area (Å²) in [6.07, 6.45) is 12.8. The summed E-state index contributed by atoms with van der Waals surface area (Å²) in [5.41, 5.74) is 0. The Balaban J connectivity index is 1.96. The summed E-state index contributed by atoms with van der Waals surface area (Å²) in [5, 5.41) is 11.9. The maximum atomic E-state index is 5.36. The van der Waals surface area contributed by atoms with Crippen LogP contribution >= 0.6 is 0 Å². The molecular formula is C14H19N5O. The molecule has 6 heteroatoms. The number of hydrogen-bond acceptors (Lipinski definition) is 5. The zero-order chi connectivity index (χ0) is 14.2. The first-order chi connectivity index (χ1) is 9.83. The topological polar surface area (TPSA) is 56.1 Å². The summed E-state index contributed by atoms with van der Waals surface area (Å²) < 4.78 is 7.22. The second-order valence-corrected chi connectivity index (χ2v) is 4.89. The lowest BCUT2D eigenvalue weighted by Gasteiger charge is -2.22. The van der Waals surface area contributed by atoms with Gasteiger partial charge >= 0.3 is 0 Å². The van der Waals surface area contributed by atoms with Gasteiger partial charge in [0.15, 0.2) is 5.82 Å². The highest BCUT2D eigenvalue weighted by atomic mass is 16.5. The number of hydrogen-bond donors (Lipinski definition) is 0. The van der Waals surface area contributed by atoms with E-state index in [-0.39, 0.29) is 0 Å². The Kier molecular flexibility index (Phi) is 5.55. The molecule has 0 bridgehead atoms. The lowest BCUT2D eigenvalue weighted by Crippen LogP contribution is -2.27. The van der Waals surface area contributed by atoms with E-state index in [4.69, 9.17) is 17.6 Å². The van der Waals surface area contributed by atoms with Gasteiger partial charge in [-0.1, -0.05) is 11.8 Å². The van der Waals surface area contributed by atoms with Gasteiger partial charge in [-0.3, -0.25) is 4.90 Å². The first-order valence-corrected chi connectivity index (χ1v) is 6.75. The number of terminal acetylenes is 2. The smallest absolute Gasteiger partial charge is 0.165 e. The monoisotopic (exact) mass is 273 g/mol. The quantitative estimate of drug-likeness (QED) is 0.692. The molecule has 0 aliphatic carbocycles. The van der Waals surface area contributed by atoms with E-state index in [0.717, 1.165) is 38.4 Å². The van der Waals surface area contributed by atoms with Crippen molar-refractivity contribution in [3.63, 3.8) is 0 Å². The minimum atomic E-state index is 0.494. The molecule has 0 aromatic carbocycles. The van der Waals surface area contributed by atoms with Crippen LogP contribution in [0, 0.1) is 30.6 Å². The minimum Gasteiger partial charge on any atom is -0.381 e. The SMILES string of the molecule is C#CCN(CC#C)Cc1nnnn1CC1CCOCC1. The highest BCUT2D eigenvalue weighted by Crippen LogP contribution is 2.17. The summed E-state index contributed by atoms with van der Waals surface area (Å²) in [4.78, 5) is 1.96. The molecule has 1 saturated heterocycles. The highest BCUT2D eigenvalue weighted by Gasteiger charge is 2.18. The van der Waals surface area contributed by atoms with E-state index in [1.54, 1.807) is 0 Å². The van der Waals surface area contributed by atoms with Crippen molar-refractivity contribution in [3.05, 3.63) is 5.82 Å². The summed E-state index contributed by atoms with van der Waals surface area (Å²) in [6, 6.07) is 0. The number of nitrogens with zero attached hydrogens (tertiary/aromatic N) is 5. The number of aromatic nitrogens is 4. The standard InChI is InChI=1S/C14H19N5O/c1-3-7-18(8-4-2)12-14-15-16-17-19(14)11-13-5-9-20-10-6-13/h1-2,13H,5-12H2. The van der Waals surface area contributed by atoms with Gasteiger partial charge in [0.1, 0.15) is 0 Å². The molecule has 1 aliphatic rings. The van der Waals surface area contributed by atoms with Crippen LogP contribution in [-0.4, -0.2) is 51.4 Å². The summed E-state index contributed by atoms with van der Waals surface area (Å²) >= 11 is 0. The molecule has 1 aromatic heterocycles. The fourth-order valence-corrected chi connectivity index (χ4v) is 2.28. The molecule has 1 aromatic rings. The number of tetrazole rings is 1. The van der Waals surface area contributed by atoms with Crippen LogP contribution in [0.3, 0.4) is 0 Å². The molecule has 1 aliphatic heterocycles. The summed E-state index contributed by atoms with van der Waals surface area (Å²) in [5.74, 6) is 6.58. The predicted molar refractivity (Wildman–Crippen MR) is 74.3 cm³/mol. The Labute approximate surface area is 119 Å². The van der Waals surface area contributed by atoms with Gasteiger partial charge in [0, 0.05) is 19.8 Å². The van der Waals surface area contributed by atoms with E-state index in [1.807, 2.05) is 9.58 Å². The number of rotatable bonds is 6. The van der Waals surface area contributed by atoms with Crippen molar-refractivity contribution in [3.8, 4) is 24.7 Å². The van der Waals surface area contributed by atoms with Gasteiger partial charge in [-0.05, 0) is 29.2 Å². The molecule has 6 nitrogen and oxygen atoms in total. The molecule has 2 rings (SSSR count). The Hall–Kier alpha value is -1.89. The highest BCUT2D eigenvalue weighted by molar-refractivity contribution is 4.96. The average molecular weight is 273 g/mol. The van der Waals surface area contributed by atoms with Crippen LogP contribution < -0.4 is 0 Å². The van der Waals surface area contributed by atoms with Crippen LogP contribution in [0.5, 0.6) is 0 Å². The van der Waals surface area contributed by atoms with E-state index < -0.39 is 0 Å². The Bertz CT molecular complexity index is 476. The van der Waals surface area contributed by atoms with Crippen molar-refractivity contribution in [2.75, 3.05) is 26.3 Å². The van der Waals surface area contributed by atoms with Gasteiger partial charge in [0.25, 0.3) is 0 Å². The normalized spacial score (nSPS) is 15.9. The van der Waals surface area contributed by atoms with Crippen LogP contribution in [0.15, 0.2) is 0 Å². The molecular weight excluding hydrogens is 254 g/mol. The van der Waals surface area contributed by atoms with Gasteiger partial charge in [0.05, 0.1) is 19.6 Å². The summed E-state index contributed by atoms with van der Waals surface area (Å²) in [7, 11) is 0. The van der Waals surface area contributed by atoms with Gasteiger partial charge in [-0.25, -0.2) is 4.68 Å². The maximum absolute atomic E-state index is 5.36. The largest absolute Gasteiger partial charge is 0.381 e. The first-order valence-electron chi connectivity index (χ1n) is 6.75. The van der Waals surface area contributed by atoms with Crippen molar-refractivity contribution < 1.29 is 4.74 Å². The third-order valence-electron chi connectivity index (χ3n) is 3.37. The van der Waals surface area contributed by atoms with Crippen molar-refractivity contribution in [2.45, 2.75) is 25.9 Å². The fraction of sp³-hybridized carbons (Fsp3) is 0.643. The van der Waals surface area contributed by atoms with Gasteiger partial charge in [-0.15, -0.1) is 17.9 Å². The molecule has 0 spiro atoms. The molecule has 106 valence electrons. The minimum absolute atomic E-state index is 0.494. The molecule has 1 fully saturated rings. The van der Waals surface area contributed by atoms with E-state index in [1.165, 1.54) is 0 Å². The third-order valence-corrected chi connectivity index (χ3v) is 3.37. The zero-order valence-corrected chi connectivity index (χ0v) is 11.5. The molecule has 20 heavy (non-hydrogen) atoms. The first kappa shape index (κ1) is 14.5. The van der Waals surface area contributed by atoms with Crippen LogP contribution in [0.25, 0.3) is 0 Å². The van der Waals surface area contributed by atoms with Gasteiger partial charge < -0.3 is 4.74 Å². The molecule has 2 heterocycles. The molecule has 0 unspecified atom stereocenters. The van der Waals surface area contributed by atoms with Crippen LogP contribution in [-0.2, 0) is 17.8 Å². The molecule has 0 radical (unpaired) electrons. The van der Waals surface area contributed by atoms with E-state index in [9.17, 15) is 0 Å². The second kappa shape index (κ2) is 7.64. The summed E-state index contributed by atoms with van der Waals surface area (Å²) in [6.45, 7) is 4.03. The molecule has 0 N–H and O–H groups in total. The van der Waals surface area contributed by atoms with Crippen molar-refractivity contribution in [2.24, 2.45) is 5.92 Å². The van der Waals surface area contributed by atoms with Crippen LogP contribution in [0.2, 0.25) is 0 Å². The van der Waals surface area contributed by atoms with E-state index in [0.29, 0.717) is 25.6 Å². The van der Waals surface area contributed by atoms with E-state index >= 15 is 0 Å².